The van der Waals surface area contributed by atoms with Crippen molar-refractivity contribution in [3.8, 4) is 0 Å². The zero-order chi connectivity index (χ0) is 16.5. The van der Waals surface area contributed by atoms with Crippen LogP contribution < -0.4 is 11.1 Å². The molecule has 22 heavy (non-hydrogen) atoms. The van der Waals surface area contributed by atoms with Crippen LogP contribution in [0.3, 0.4) is 0 Å². The third kappa shape index (κ3) is 3.64. The molecule has 0 radical (unpaired) electrons. The molecule has 1 aromatic carbocycles. The van der Waals surface area contributed by atoms with Crippen LogP contribution in [-0.4, -0.2) is 18.0 Å². The second kappa shape index (κ2) is 6.32. The van der Waals surface area contributed by atoms with Crippen molar-refractivity contribution in [2.24, 2.45) is 17.6 Å². The minimum Gasteiger partial charge on any atom is -0.349 e. The van der Waals surface area contributed by atoms with Crippen molar-refractivity contribution in [3.05, 3.63) is 35.4 Å². The van der Waals surface area contributed by atoms with Crippen LogP contribution in [0.5, 0.6) is 0 Å². The van der Waals surface area contributed by atoms with Crippen molar-refractivity contribution >= 4 is 5.91 Å². The lowest BCUT2D eigenvalue weighted by molar-refractivity contribution is -0.124. The maximum absolute atomic E-state index is 13.8. The molecule has 1 amide bonds. The molecule has 0 heterocycles. The summed E-state index contributed by atoms with van der Waals surface area (Å²) in [4.78, 5) is 12.4. The highest BCUT2D eigenvalue weighted by molar-refractivity contribution is 5.83. The van der Waals surface area contributed by atoms with E-state index in [2.05, 4.69) is 19.2 Å². The molecule has 0 aliphatic heterocycles. The van der Waals surface area contributed by atoms with Crippen LogP contribution >= 0.6 is 0 Å². The third-order valence-electron chi connectivity index (χ3n) is 4.24. The van der Waals surface area contributed by atoms with E-state index < -0.39 is 17.2 Å². The molecule has 0 spiro atoms. The van der Waals surface area contributed by atoms with Crippen LogP contribution in [-0.2, 0) is 4.79 Å². The van der Waals surface area contributed by atoms with E-state index in [4.69, 9.17) is 5.73 Å². The van der Waals surface area contributed by atoms with Crippen molar-refractivity contribution in [3.63, 3.8) is 0 Å². The number of carbonyl (C=O) groups is 1. The van der Waals surface area contributed by atoms with Crippen molar-refractivity contribution in [2.45, 2.75) is 45.1 Å². The van der Waals surface area contributed by atoms with Gasteiger partial charge in [-0.05, 0) is 43.2 Å². The molecule has 0 aromatic heterocycles. The molecule has 3 unspecified atom stereocenters. The van der Waals surface area contributed by atoms with Gasteiger partial charge in [-0.1, -0.05) is 26.0 Å². The Kier molecular flexibility index (Phi) is 4.85. The highest BCUT2D eigenvalue weighted by Crippen LogP contribution is 2.48. The van der Waals surface area contributed by atoms with Gasteiger partial charge in [-0.2, -0.15) is 0 Å². The maximum atomic E-state index is 13.8. The van der Waals surface area contributed by atoms with Crippen LogP contribution in [0.4, 0.5) is 8.78 Å². The predicted octanol–water partition coefficient (Wildman–Crippen LogP) is 2.95. The molecule has 3 atom stereocenters. The molecule has 1 fully saturated rings. The van der Waals surface area contributed by atoms with Crippen molar-refractivity contribution in [1.29, 1.82) is 0 Å². The van der Waals surface area contributed by atoms with Crippen LogP contribution in [0.2, 0.25) is 0 Å². The molecule has 3 nitrogen and oxygen atoms in total. The van der Waals surface area contributed by atoms with Crippen LogP contribution in [0.25, 0.3) is 0 Å². The number of halogens is 2. The molecule has 5 heteroatoms. The van der Waals surface area contributed by atoms with E-state index in [1.807, 2.05) is 6.92 Å². The second-order valence-corrected chi connectivity index (χ2v) is 6.94. The Morgan fingerprint density at radius 3 is 2.73 bits per heavy atom. The summed E-state index contributed by atoms with van der Waals surface area (Å²) in [5, 5.41) is 2.99. The summed E-state index contributed by atoms with van der Waals surface area (Å²) in [5.41, 5.74) is 5.62. The molecule has 1 aliphatic carbocycles. The summed E-state index contributed by atoms with van der Waals surface area (Å²) in [6, 6.07) is 4.11. The highest BCUT2D eigenvalue weighted by atomic mass is 19.2. The number of carbonyl (C=O) groups excluding carboxylic acids is 1. The first kappa shape index (κ1) is 16.9. The lowest BCUT2D eigenvalue weighted by Gasteiger charge is -2.31. The van der Waals surface area contributed by atoms with Gasteiger partial charge in [0.15, 0.2) is 11.6 Å². The van der Waals surface area contributed by atoms with Gasteiger partial charge in [0.2, 0.25) is 5.91 Å². The van der Waals surface area contributed by atoms with E-state index >= 15 is 0 Å². The topological polar surface area (TPSA) is 55.1 Å². The molecule has 122 valence electrons. The average molecular weight is 310 g/mol. The summed E-state index contributed by atoms with van der Waals surface area (Å²) in [7, 11) is 0. The molecule has 3 N–H and O–H groups in total. The lowest BCUT2D eigenvalue weighted by atomic mass is 9.90. The Morgan fingerprint density at radius 1 is 1.45 bits per heavy atom. The molecular formula is C17H24F2N2O. The normalized spacial score (nSPS) is 23.2. The zero-order valence-electron chi connectivity index (χ0n) is 13.3. The summed E-state index contributed by atoms with van der Waals surface area (Å²) >= 11 is 0. The Morgan fingerprint density at radius 2 is 2.14 bits per heavy atom. The first-order valence-electron chi connectivity index (χ1n) is 7.73. The van der Waals surface area contributed by atoms with Crippen molar-refractivity contribution in [1.82, 2.24) is 5.32 Å². The number of amides is 1. The van der Waals surface area contributed by atoms with Gasteiger partial charge in [-0.3, -0.25) is 4.79 Å². The van der Waals surface area contributed by atoms with Gasteiger partial charge in [-0.15, -0.1) is 0 Å². The summed E-state index contributed by atoms with van der Waals surface area (Å²) in [6.07, 6.45) is 1.33. The van der Waals surface area contributed by atoms with Gasteiger partial charge < -0.3 is 11.1 Å². The minimum absolute atomic E-state index is 0.123. The van der Waals surface area contributed by atoms with Crippen LogP contribution in [0.1, 0.15) is 45.1 Å². The molecular weight excluding hydrogens is 286 g/mol. The Bertz CT molecular complexity index is 562. The third-order valence-corrected chi connectivity index (χ3v) is 4.24. The van der Waals surface area contributed by atoms with E-state index in [9.17, 15) is 13.6 Å². The fraction of sp³-hybridized carbons (Fsp3) is 0.588. The second-order valence-electron chi connectivity index (χ2n) is 6.94. The maximum Gasteiger partial charge on any atom is 0.224 e. The van der Waals surface area contributed by atoms with Gasteiger partial charge in [0.05, 0.1) is 0 Å². The van der Waals surface area contributed by atoms with Gasteiger partial charge in [0, 0.05) is 18.0 Å². The average Bonchev–Trinajstić information content (AvgIpc) is 3.21. The first-order valence-corrected chi connectivity index (χ1v) is 7.73. The molecule has 2 rings (SSSR count). The monoisotopic (exact) mass is 310 g/mol. The van der Waals surface area contributed by atoms with Gasteiger partial charge in [0.25, 0.3) is 0 Å². The number of hydrogen-bond acceptors (Lipinski definition) is 2. The summed E-state index contributed by atoms with van der Waals surface area (Å²) in [5.74, 6) is -1.96. The number of rotatable bonds is 6. The summed E-state index contributed by atoms with van der Waals surface area (Å²) < 4.78 is 27.1. The molecule has 0 bridgehead atoms. The van der Waals surface area contributed by atoms with E-state index in [0.29, 0.717) is 24.4 Å². The first-order chi connectivity index (χ1) is 10.3. The Labute approximate surface area is 130 Å². The molecule has 1 aliphatic rings. The van der Waals surface area contributed by atoms with Gasteiger partial charge in [-0.25, -0.2) is 8.78 Å². The Balaban J connectivity index is 2.03. The van der Waals surface area contributed by atoms with Gasteiger partial charge >= 0.3 is 0 Å². The predicted molar refractivity (Wildman–Crippen MR) is 82.3 cm³/mol. The number of benzene rings is 1. The minimum atomic E-state index is -0.866. The summed E-state index contributed by atoms with van der Waals surface area (Å²) in [6.45, 7) is 6.41. The fourth-order valence-corrected chi connectivity index (χ4v) is 3.11. The van der Waals surface area contributed by atoms with E-state index in [0.717, 1.165) is 12.5 Å². The van der Waals surface area contributed by atoms with Gasteiger partial charge in [0.1, 0.15) is 0 Å². The van der Waals surface area contributed by atoms with Crippen LogP contribution in [0, 0.1) is 23.5 Å². The molecule has 1 saturated carbocycles. The smallest absolute Gasteiger partial charge is 0.224 e. The number of nitrogens with one attached hydrogen (secondary N) is 1. The lowest BCUT2D eigenvalue weighted by Crippen LogP contribution is -2.52. The Hall–Kier alpha value is -1.49. The van der Waals surface area contributed by atoms with E-state index in [1.165, 1.54) is 6.07 Å². The highest BCUT2D eigenvalue weighted by Gasteiger charge is 2.46. The van der Waals surface area contributed by atoms with Crippen molar-refractivity contribution < 1.29 is 13.6 Å². The molecule has 1 aromatic rings. The quantitative estimate of drug-likeness (QED) is 0.849. The SMILES string of the molecule is CC(C)CC(C)(CN)NC(=O)C1CC1c1cccc(F)c1F. The largest absolute Gasteiger partial charge is 0.349 e. The number of nitrogens with two attached hydrogens (primary N) is 1. The standard InChI is InChI=1S/C17H24F2N2O/c1-10(2)8-17(3,9-20)21-16(22)13-7-12(13)11-5-4-6-14(18)15(11)19/h4-6,10,12-13H,7-9,20H2,1-3H3,(H,21,22). The zero-order valence-corrected chi connectivity index (χ0v) is 13.3. The van der Waals surface area contributed by atoms with Crippen LogP contribution in [0.15, 0.2) is 18.2 Å². The van der Waals surface area contributed by atoms with E-state index in [-0.39, 0.29) is 17.7 Å². The van der Waals surface area contributed by atoms with E-state index in [1.54, 1.807) is 6.07 Å². The number of hydrogen-bond donors (Lipinski definition) is 2. The fourth-order valence-electron chi connectivity index (χ4n) is 3.11. The van der Waals surface area contributed by atoms with Crippen molar-refractivity contribution in [2.75, 3.05) is 6.54 Å². The molecule has 0 saturated heterocycles.